The molecule has 0 aliphatic heterocycles. The average molecular weight is 275 g/mol. The van der Waals surface area contributed by atoms with Crippen molar-refractivity contribution < 1.29 is 14.4 Å². The number of carbonyl (C=O) groups excluding carboxylic acids is 1. The fourth-order valence-corrected chi connectivity index (χ4v) is 1.80. The van der Waals surface area contributed by atoms with E-state index in [4.69, 9.17) is 16.4 Å². The third-order valence-electron chi connectivity index (χ3n) is 2.48. The molecule has 0 radical (unpaired) electrons. The molecule has 0 spiro atoms. The second kappa shape index (κ2) is 6.53. The smallest absolute Gasteiger partial charge is 0.341 e. The van der Waals surface area contributed by atoms with E-state index in [-0.39, 0.29) is 16.3 Å². The zero-order valence-corrected chi connectivity index (χ0v) is 11.2. The fourth-order valence-electron chi connectivity index (χ4n) is 1.52. The predicted molar refractivity (Wildman–Crippen MR) is 66.7 cm³/mol. The van der Waals surface area contributed by atoms with Gasteiger partial charge in [0.1, 0.15) is 5.15 Å². The summed E-state index contributed by atoms with van der Waals surface area (Å²) in [4.78, 5) is 28.0. The first-order valence-corrected chi connectivity index (χ1v) is 5.63. The number of pyridine rings is 1. The lowest BCUT2D eigenvalue weighted by atomic mass is 10.1. The van der Waals surface area contributed by atoms with E-state index in [0.717, 1.165) is 0 Å². The highest BCUT2D eigenvalue weighted by molar-refractivity contribution is 6.32. The molecule has 1 rings (SSSR count). The number of methoxy groups -OCH3 is 1. The van der Waals surface area contributed by atoms with E-state index in [0.29, 0.717) is 18.5 Å². The number of nitrogens with zero attached hydrogens (tertiary/aromatic N) is 1. The number of carbonyl (C=O) groups is 1. The minimum Gasteiger partial charge on any atom is -0.465 e. The number of aromatic nitrogens is 1. The Balaban J connectivity index is 3.21. The summed E-state index contributed by atoms with van der Waals surface area (Å²) in [6.45, 7) is 0.448. The van der Waals surface area contributed by atoms with Gasteiger partial charge in [-0.3, -0.25) is 4.79 Å². The Labute approximate surface area is 109 Å². The highest BCUT2D eigenvalue weighted by atomic mass is 35.5. The molecular weight excluding hydrogens is 260 g/mol. The molecule has 6 nitrogen and oxygen atoms in total. The maximum atomic E-state index is 11.7. The SMILES string of the molecule is CONCCc1cc(=O)n(C)c(Cl)c1C(=O)OC. The zero-order valence-electron chi connectivity index (χ0n) is 10.4. The van der Waals surface area contributed by atoms with Gasteiger partial charge >= 0.3 is 5.97 Å². The summed E-state index contributed by atoms with van der Waals surface area (Å²) in [7, 11) is 4.24. The Morgan fingerprint density at radius 2 is 2.17 bits per heavy atom. The molecule has 0 saturated heterocycles. The quantitative estimate of drug-likeness (QED) is 0.367. The van der Waals surface area contributed by atoms with E-state index in [9.17, 15) is 9.59 Å². The minimum atomic E-state index is -0.567. The lowest BCUT2D eigenvalue weighted by Crippen LogP contribution is -2.24. The number of rotatable bonds is 5. The fraction of sp³-hybridized carbons (Fsp3) is 0.455. The van der Waals surface area contributed by atoms with Crippen LogP contribution < -0.4 is 11.0 Å². The highest BCUT2D eigenvalue weighted by Gasteiger charge is 2.19. The topological polar surface area (TPSA) is 69.6 Å². The molecule has 0 aliphatic rings. The van der Waals surface area contributed by atoms with Crippen molar-refractivity contribution in [2.24, 2.45) is 7.05 Å². The average Bonchev–Trinajstić information content (AvgIpc) is 2.36. The third-order valence-corrected chi connectivity index (χ3v) is 2.92. The Morgan fingerprint density at radius 3 is 2.72 bits per heavy atom. The van der Waals surface area contributed by atoms with Crippen molar-refractivity contribution in [3.05, 3.63) is 32.7 Å². The van der Waals surface area contributed by atoms with Crippen LogP contribution in [-0.2, 0) is 23.0 Å². The number of hydrogen-bond donors (Lipinski definition) is 1. The molecule has 0 aromatic carbocycles. The maximum Gasteiger partial charge on any atom is 0.341 e. The van der Waals surface area contributed by atoms with Gasteiger partial charge in [0.05, 0.1) is 19.8 Å². The van der Waals surface area contributed by atoms with Crippen molar-refractivity contribution in [1.82, 2.24) is 10.0 Å². The second-order valence-corrected chi connectivity index (χ2v) is 3.93. The molecule has 1 heterocycles. The van der Waals surface area contributed by atoms with Crippen LogP contribution >= 0.6 is 11.6 Å². The van der Waals surface area contributed by atoms with Gasteiger partial charge in [0, 0.05) is 19.7 Å². The molecule has 0 atom stereocenters. The van der Waals surface area contributed by atoms with Crippen LogP contribution in [0.3, 0.4) is 0 Å². The van der Waals surface area contributed by atoms with Crippen molar-refractivity contribution in [2.45, 2.75) is 6.42 Å². The van der Waals surface area contributed by atoms with Crippen LogP contribution in [-0.4, -0.2) is 31.3 Å². The molecule has 1 N–H and O–H groups in total. The third kappa shape index (κ3) is 3.10. The monoisotopic (exact) mass is 274 g/mol. The van der Waals surface area contributed by atoms with Crippen molar-refractivity contribution in [3.8, 4) is 0 Å². The zero-order chi connectivity index (χ0) is 13.7. The van der Waals surface area contributed by atoms with Gasteiger partial charge < -0.3 is 14.1 Å². The summed E-state index contributed by atoms with van der Waals surface area (Å²) in [5, 5.41) is 0.0711. The van der Waals surface area contributed by atoms with E-state index in [2.05, 4.69) is 10.2 Å². The van der Waals surface area contributed by atoms with Gasteiger partial charge in [-0.2, -0.15) is 0 Å². The van der Waals surface area contributed by atoms with Gasteiger partial charge in [0.25, 0.3) is 5.56 Å². The molecule has 0 aliphatic carbocycles. The van der Waals surface area contributed by atoms with Gasteiger partial charge in [-0.15, -0.1) is 0 Å². The summed E-state index contributed by atoms with van der Waals surface area (Å²) in [5.41, 5.74) is 3.09. The van der Waals surface area contributed by atoms with Crippen LogP contribution in [0, 0.1) is 0 Å². The Morgan fingerprint density at radius 1 is 1.50 bits per heavy atom. The van der Waals surface area contributed by atoms with Crippen LogP contribution in [0.5, 0.6) is 0 Å². The number of esters is 1. The number of halogens is 1. The van der Waals surface area contributed by atoms with E-state index in [1.165, 1.54) is 31.9 Å². The second-order valence-electron chi connectivity index (χ2n) is 3.57. The molecule has 18 heavy (non-hydrogen) atoms. The normalized spacial score (nSPS) is 10.4. The number of nitrogens with one attached hydrogen (secondary N) is 1. The summed E-state index contributed by atoms with van der Waals surface area (Å²) in [6.07, 6.45) is 0.425. The molecule has 1 aromatic heterocycles. The first-order valence-electron chi connectivity index (χ1n) is 5.25. The van der Waals surface area contributed by atoms with Gasteiger partial charge in [-0.05, 0) is 12.0 Å². The predicted octanol–water partition coefficient (Wildman–Crippen LogP) is 0.519. The molecule has 100 valence electrons. The van der Waals surface area contributed by atoms with Crippen molar-refractivity contribution >= 4 is 17.6 Å². The summed E-state index contributed by atoms with van der Waals surface area (Å²) in [6, 6.07) is 1.37. The highest BCUT2D eigenvalue weighted by Crippen LogP contribution is 2.19. The van der Waals surface area contributed by atoms with Crippen LogP contribution in [0.1, 0.15) is 15.9 Å². The lowest BCUT2D eigenvalue weighted by Gasteiger charge is -2.12. The molecule has 7 heteroatoms. The maximum absolute atomic E-state index is 11.7. The van der Waals surface area contributed by atoms with Crippen molar-refractivity contribution in [3.63, 3.8) is 0 Å². The number of hydroxylamine groups is 1. The molecular formula is C11H15ClN2O4. The summed E-state index contributed by atoms with van der Waals surface area (Å²) < 4.78 is 5.86. The van der Waals surface area contributed by atoms with Crippen molar-refractivity contribution in [2.75, 3.05) is 20.8 Å². The van der Waals surface area contributed by atoms with E-state index in [1.807, 2.05) is 0 Å². The molecule has 1 aromatic rings. The Hall–Kier alpha value is -1.37. The Kier molecular flexibility index (Phi) is 5.33. The van der Waals surface area contributed by atoms with Gasteiger partial charge in [0.15, 0.2) is 0 Å². The van der Waals surface area contributed by atoms with Crippen LogP contribution in [0.2, 0.25) is 5.15 Å². The van der Waals surface area contributed by atoms with Crippen molar-refractivity contribution in [1.29, 1.82) is 0 Å². The molecule has 0 saturated carbocycles. The van der Waals surface area contributed by atoms with Gasteiger partial charge in [0.2, 0.25) is 0 Å². The summed E-state index contributed by atoms with van der Waals surface area (Å²) in [5.74, 6) is -0.567. The van der Waals surface area contributed by atoms with E-state index < -0.39 is 5.97 Å². The molecule has 0 fully saturated rings. The van der Waals surface area contributed by atoms with Crippen LogP contribution in [0.4, 0.5) is 0 Å². The van der Waals surface area contributed by atoms with Gasteiger partial charge in [-0.1, -0.05) is 11.6 Å². The Bertz CT molecular complexity index is 499. The standard InChI is InChI=1S/C11H15ClN2O4/c1-14-8(15)6-7(4-5-13-18-3)9(10(14)12)11(16)17-2/h6,13H,4-5H2,1-3H3. The van der Waals surface area contributed by atoms with E-state index >= 15 is 0 Å². The van der Waals surface area contributed by atoms with Gasteiger partial charge in [-0.25, -0.2) is 10.3 Å². The molecule has 0 amide bonds. The van der Waals surface area contributed by atoms with Crippen LogP contribution in [0.15, 0.2) is 10.9 Å². The minimum absolute atomic E-state index is 0.0711. The summed E-state index contributed by atoms with van der Waals surface area (Å²) >= 11 is 6.00. The lowest BCUT2D eigenvalue weighted by molar-refractivity contribution is 0.0597. The number of ether oxygens (including phenoxy) is 1. The molecule has 0 bridgehead atoms. The number of hydrogen-bond acceptors (Lipinski definition) is 5. The molecule has 0 unspecified atom stereocenters. The first-order chi connectivity index (χ1) is 8.52. The largest absolute Gasteiger partial charge is 0.465 e. The first kappa shape index (κ1) is 14.7. The van der Waals surface area contributed by atoms with Crippen LogP contribution in [0.25, 0.3) is 0 Å². The van der Waals surface area contributed by atoms with E-state index in [1.54, 1.807) is 0 Å².